The van der Waals surface area contributed by atoms with Crippen LogP contribution in [0.15, 0.2) is 22.7 Å². The molecule has 0 saturated heterocycles. The summed E-state index contributed by atoms with van der Waals surface area (Å²) in [6.45, 7) is 3.90. The average Bonchev–Trinajstić information content (AvgIpc) is 2.32. The van der Waals surface area contributed by atoms with E-state index in [1.54, 1.807) is 18.2 Å². The highest BCUT2D eigenvalue weighted by molar-refractivity contribution is 9.10. The van der Waals surface area contributed by atoms with Crippen molar-refractivity contribution >= 4 is 27.5 Å². The van der Waals surface area contributed by atoms with Crippen LogP contribution in [0.3, 0.4) is 0 Å². The van der Waals surface area contributed by atoms with Crippen LogP contribution in [0, 0.1) is 5.92 Å². The number of phenolic OH excluding ortho intramolecular Hbond substituents is 1. The van der Waals surface area contributed by atoms with Gasteiger partial charge in [0.25, 0.3) is 0 Å². The Labute approximate surface area is 109 Å². The molecular weight excluding hydrogens is 284 g/mol. The summed E-state index contributed by atoms with van der Waals surface area (Å²) in [6.07, 6.45) is 0.832. The van der Waals surface area contributed by atoms with Crippen LogP contribution >= 0.6 is 15.9 Å². The molecule has 1 rings (SSSR count). The first-order chi connectivity index (χ1) is 7.97. The fourth-order valence-corrected chi connectivity index (χ4v) is 1.71. The largest absolute Gasteiger partial charge is 0.505 e. The summed E-state index contributed by atoms with van der Waals surface area (Å²) >= 11 is 3.18. The Kier molecular flexibility index (Phi) is 4.96. The summed E-state index contributed by atoms with van der Waals surface area (Å²) in [7, 11) is 0. The standard InChI is InChI=1S/C12H17BrN2O2/c1-3-7(2)10(14)12(17)15-9-6-4-5-8(13)11(9)16/h4-7,10,16H,3,14H2,1-2H3,(H,15,17)/t7?,10-/m0/s1. The van der Waals surface area contributed by atoms with Gasteiger partial charge in [0, 0.05) is 0 Å². The number of nitrogens with two attached hydrogens (primary N) is 1. The van der Waals surface area contributed by atoms with E-state index in [2.05, 4.69) is 21.2 Å². The molecule has 0 fully saturated rings. The molecule has 5 heteroatoms. The predicted octanol–water partition coefficient (Wildman–Crippen LogP) is 2.47. The molecule has 1 amide bonds. The number of rotatable bonds is 4. The lowest BCUT2D eigenvalue weighted by atomic mass is 9.99. The van der Waals surface area contributed by atoms with Crippen LogP contribution in [-0.2, 0) is 4.79 Å². The third-order valence-electron chi connectivity index (χ3n) is 2.80. The smallest absolute Gasteiger partial charge is 0.241 e. The van der Waals surface area contributed by atoms with E-state index in [0.29, 0.717) is 10.2 Å². The number of carbonyl (C=O) groups excluding carboxylic acids is 1. The first-order valence-electron chi connectivity index (χ1n) is 5.51. The molecule has 1 aromatic rings. The molecule has 0 aliphatic carbocycles. The minimum absolute atomic E-state index is 0.0113. The van der Waals surface area contributed by atoms with E-state index < -0.39 is 6.04 Å². The van der Waals surface area contributed by atoms with Gasteiger partial charge in [0.2, 0.25) is 5.91 Å². The molecule has 0 heterocycles. The number of hydrogen-bond acceptors (Lipinski definition) is 3. The first-order valence-corrected chi connectivity index (χ1v) is 6.30. The number of para-hydroxylation sites is 1. The molecule has 17 heavy (non-hydrogen) atoms. The lowest BCUT2D eigenvalue weighted by Gasteiger charge is -2.18. The summed E-state index contributed by atoms with van der Waals surface area (Å²) in [6, 6.07) is 4.48. The molecule has 0 radical (unpaired) electrons. The Morgan fingerprint density at radius 2 is 2.24 bits per heavy atom. The second kappa shape index (κ2) is 6.02. The fraction of sp³-hybridized carbons (Fsp3) is 0.417. The summed E-state index contributed by atoms with van der Waals surface area (Å²) < 4.78 is 0.535. The van der Waals surface area contributed by atoms with Crippen molar-refractivity contribution in [3.8, 4) is 5.75 Å². The van der Waals surface area contributed by atoms with Gasteiger partial charge in [-0.2, -0.15) is 0 Å². The molecule has 0 aliphatic rings. The Morgan fingerprint density at radius 1 is 1.59 bits per heavy atom. The molecule has 4 N–H and O–H groups in total. The minimum atomic E-state index is -0.571. The van der Waals surface area contributed by atoms with Gasteiger partial charge in [0.15, 0.2) is 5.75 Å². The van der Waals surface area contributed by atoms with Crippen LogP contribution in [0.25, 0.3) is 0 Å². The number of nitrogens with one attached hydrogen (secondary N) is 1. The number of halogens is 1. The van der Waals surface area contributed by atoms with Crippen LogP contribution in [0.5, 0.6) is 5.75 Å². The third-order valence-corrected chi connectivity index (χ3v) is 3.44. The van der Waals surface area contributed by atoms with Crippen molar-refractivity contribution in [1.82, 2.24) is 0 Å². The SMILES string of the molecule is CCC(C)[C@H](N)C(=O)Nc1cccc(Br)c1O. The zero-order valence-corrected chi connectivity index (χ0v) is 11.5. The maximum Gasteiger partial charge on any atom is 0.241 e. The van der Waals surface area contributed by atoms with Gasteiger partial charge in [-0.15, -0.1) is 0 Å². The Morgan fingerprint density at radius 3 is 2.82 bits per heavy atom. The van der Waals surface area contributed by atoms with E-state index >= 15 is 0 Å². The quantitative estimate of drug-likeness (QED) is 0.748. The second-order valence-electron chi connectivity index (χ2n) is 4.04. The molecule has 94 valence electrons. The highest BCUT2D eigenvalue weighted by atomic mass is 79.9. The second-order valence-corrected chi connectivity index (χ2v) is 4.89. The van der Waals surface area contributed by atoms with Gasteiger partial charge >= 0.3 is 0 Å². The van der Waals surface area contributed by atoms with E-state index in [9.17, 15) is 9.90 Å². The normalized spacial score (nSPS) is 14.1. The molecule has 1 aromatic carbocycles. The topological polar surface area (TPSA) is 75.4 Å². The number of amides is 1. The Balaban J connectivity index is 2.78. The minimum Gasteiger partial charge on any atom is -0.505 e. The van der Waals surface area contributed by atoms with E-state index in [1.807, 2.05) is 13.8 Å². The Hall–Kier alpha value is -1.07. The van der Waals surface area contributed by atoms with Gasteiger partial charge in [-0.25, -0.2) is 0 Å². The van der Waals surface area contributed by atoms with Gasteiger partial charge in [0.1, 0.15) is 0 Å². The van der Waals surface area contributed by atoms with Crippen molar-refractivity contribution in [3.05, 3.63) is 22.7 Å². The van der Waals surface area contributed by atoms with Gasteiger partial charge in [-0.1, -0.05) is 26.3 Å². The molecule has 2 atom stereocenters. The van der Waals surface area contributed by atoms with Gasteiger partial charge < -0.3 is 16.2 Å². The number of benzene rings is 1. The number of aromatic hydroxyl groups is 1. The average molecular weight is 301 g/mol. The first kappa shape index (κ1) is 14.0. The molecular formula is C12H17BrN2O2. The van der Waals surface area contributed by atoms with Crippen LogP contribution in [0.2, 0.25) is 0 Å². The third kappa shape index (κ3) is 3.44. The molecule has 1 unspecified atom stereocenters. The van der Waals surface area contributed by atoms with Gasteiger partial charge in [0.05, 0.1) is 16.2 Å². The molecule has 0 aromatic heterocycles. The molecule has 0 aliphatic heterocycles. The number of hydrogen-bond donors (Lipinski definition) is 3. The van der Waals surface area contributed by atoms with Crippen LogP contribution < -0.4 is 11.1 Å². The highest BCUT2D eigenvalue weighted by Crippen LogP contribution is 2.31. The number of anilines is 1. The van der Waals surface area contributed by atoms with E-state index in [1.165, 1.54) is 0 Å². The summed E-state index contributed by atoms with van der Waals surface area (Å²) in [4.78, 5) is 11.8. The summed E-state index contributed by atoms with van der Waals surface area (Å²) in [5.74, 6) is -0.172. The van der Waals surface area contributed by atoms with Crippen molar-refractivity contribution in [2.24, 2.45) is 11.7 Å². The van der Waals surface area contributed by atoms with Crippen molar-refractivity contribution in [3.63, 3.8) is 0 Å². The highest BCUT2D eigenvalue weighted by Gasteiger charge is 2.20. The fourth-order valence-electron chi connectivity index (χ4n) is 1.34. The lowest BCUT2D eigenvalue weighted by Crippen LogP contribution is -2.40. The molecule has 0 spiro atoms. The molecule has 0 saturated carbocycles. The summed E-state index contributed by atoms with van der Waals surface area (Å²) in [5, 5.41) is 12.3. The van der Waals surface area contributed by atoms with Crippen LogP contribution in [-0.4, -0.2) is 17.1 Å². The maximum atomic E-state index is 11.8. The monoisotopic (exact) mass is 300 g/mol. The van der Waals surface area contributed by atoms with E-state index in [4.69, 9.17) is 5.73 Å². The molecule has 4 nitrogen and oxygen atoms in total. The zero-order chi connectivity index (χ0) is 13.0. The van der Waals surface area contributed by atoms with Crippen LogP contribution in [0.4, 0.5) is 5.69 Å². The summed E-state index contributed by atoms with van der Waals surface area (Å²) in [5.41, 5.74) is 6.17. The number of phenols is 1. The number of carbonyl (C=O) groups is 1. The van der Waals surface area contributed by atoms with Gasteiger partial charge in [-0.3, -0.25) is 4.79 Å². The van der Waals surface area contributed by atoms with E-state index in [0.717, 1.165) is 6.42 Å². The Bertz CT molecular complexity index is 409. The van der Waals surface area contributed by atoms with Gasteiger partial charge in [-0.05, 0) is 34.0 Å². The lowest BCUT2D eigenvalue weighted by molar-refractivity contribution is -0.118. The zero-order valence-electron chi connectivity index (χ0n) is 9.90. The van der Waals surface area contributed by atoms with Crippen molar-refractivity contribution < 1.29 is 9.90 Å². The van der Waals surface area contributed by atoms with Crippen LogP contribution in [0.1, 0.15) is 20.3 Å². The van der Waals surface area contributed by atoms with Crippen molar-refractivity contribution in [1.29, 1.82) is 0 Å². The van der Waals surface area contributed by atoms with Crippen molar-refractivity contribution in [2.75, 3.05) is 5.32 Å². The van der Waals surface area contributed by atoms with Crippen molar-refractivity contribution in [2.45, 2.75) is 26.3 Å². The maximum absolute atomic E-state index is 11.8. The van der Waals surface area contributed by atoms with E-state index in [-0.39, 0.29) is 17.6 Å². The molecule has 0 bridgehead atoms. The predicted molar refractivity (Wildman–Crippen MR) is 71.9 cm³/mol.